The molecule has 0 radical (unpaired) electrons. The summed E-state index contributed by atoms with van der Waals surface area (Å²) >= 11 is 0. The minimum atomic E-state index is -0.838. The van der Waals surface area contributed by atoms with E-state index in [1.165, 1.54) is 0 Å². The fraction of sp³-hybridized carbons (Fsp3) is 0.540. The first-order valence-corrected chi connectivity index (χ1v) is 21.5. The van der Waals surface area contributed by atoms with E-state index in [2.05, 4.69) is 142 Å². The Labute approximate surface area is 342 Å². The zero-order valence-corrected chi connectivity index (χ0v) is 35.3. The highest BCUT2D eigenvalue weighted by molar-refractivity contribution is 5.71. The van der Waals surface area contributed by atoms with Gasteiger partial charge in [-0.3, -0.25) is 14.4 Å². The SMILES string of the molecule is CC/C=C\C/C=C\C/C=C\C/C=C\CCCCCC(=O)OCC(COC(=O)CCC/C=C\C/C=C\C/C=C\CC)OC(=O)CCC/C=C\C/C=C\C/C=C\CC. The average Bonchev–Trinajstić information content (AvgIpc) is 3.19. The Morgan fingerprint density at radius 3 is 1.04 bits per heavy atom. The van der Waals surface area contributed by atoms with Crippen LogP contribution in [0.2, 0.25) is 0 Å². The Hall–Kier alpha value is -4.19. The molecule has 0 amide bonds. The smallest absolute Gasteiger partial charge is 0.306 e. The van der Waals surface area contributed by atoms with Crippen LogP contribution in [0, 0.1) is 0 Å². The molecule has 0 aromatic rings. The predicted molar refractivity (Wildman–Crippen MR) is 237 cm³/mol. The topological polar surface area (TPSA) is 78.9 Å². The Balaban J connectivity index is 4.58. The van der Waals surface area contributed by atoms with Crippen LogP contribution in [0.3, 0.4) is 0 Å². The van der Waals surface area contributed by atoms with Gasteiger partial charge in [-0.15, -0.1) is 0 Å². The molecule has 0 N–H and O–H groups in total. The number of allylic oxidation sites excluding steroid dienone is 20. The number of rotatable bonds is 36. The summed E-state index contributed by atoms with van der Waals surface area (Å²) in [5, 5.41) is 0. The summed E-state index contributed by atoms with van der Waals surface area (Å²) in [7, 11) is 0. The van der Waals surface area contributed by atoms with Crippen LogP contribution in [0.1, 0.15) is 156 Å². The second kappa shape index (κ2) is 43.5. The minimum Gasteiger partial charge on any atom is -0.462 e. The maximum absolute atomic E-state index is 12.7. The molecule has 0 aliphatic rings. The van der Waals surface area contributed by atoms with Gasteiger partial charge in [-0.05, 0) is 109 Å². The number of carbonyl (C=O) groups excluding carboxylic acids is 3. The summed E-state index contributed by atoms with van der Waals surface area (Å²) < 4.78 is 16.5. The summed E-state index contributed by atoms with van der Waals surface area (Å²) in [5.41, 5.74) is 0. The number of esters is 3. The molecule has 0 saturated carbocycles. The zero-order chi connectivity index (χ0) is 40.8. The molecular weight excluding hydrogens is 697 g/mol. The van der Waals surface area contributed by atoms with Crippen molar-refractivity contribution in [1.82, 2.24) is 0 Å². The normalized spacial score (nSPS) is 13.3. The quantitative estimate of drug-likeness (QED) is 0.0273. The zero-order valence-electron chi connectivity index (χ0n) is 35.3. The molecule has 6 heteroatoms. The molecular formula is C50H76O6. The minimum absolute atomic E-state index is 0.135. The molecule has 6 nitrogen and oxygen atoms in total. The molecule has 0 bridgehead atoms. The summed E-state index contributed by atoms with van der Waals surface area (Å²) in [4.78, 5) is 37.6. The summed E-state index contributed by atoms with van der Waals surface area (Å²) in [6.07, 6.45) is 59.2. The molecule has 56 heavy (non-hydrogen) atoms. The first-order chi connectivity index (χ1) is 27.5. The lowest BCUT2D eigenvalue weighted by Gasteiger charge is -2.18. The first-order valence-electron chi connectivity index (χ1n) is 21.5. The van der Waals surface area contributed by atoms with Crippen molar-refractivity contribution < 1.29 is 28.6 Å². The third-order valence-corrected chi connectivity index (χ3v) is 8.19. The molecule has 0 rings (SSSR count). The first kappa shape index (κ1) is 51.8. The summed E-state index contributed by atoms with van der Waals surface area (Å²) in [5.74, 6) is -1.09. The Morgan fingerprint density at radius 2 is 0.661 bits per heavy atom. The van der Waals surface area contributed by atoms with Crippen LogP contribution in [0.5, 0.6) is 0 Å². The third-order valence-electron chi connectivity index (χ3n) is 8.19. The number of carbonyl (C=O) groups is 3. The van der Waals surface area contributed by atoms with E-state index in [1.54, 1.807) is 0 Å². The molecule has 1 unspecified atom stereocenters. The van der Waals surface area contributed by atoms with Crippen molar-refractivity contribution in [3.63, 3.8) is 0 Å². The lowest BCUT2D eigenvalue weighted by molar-refractivity contribution is -0.167. The van der Waals surface area contributed by atoms with E-state index in [0.717, 1.165) is 103 Å². The molecule has 0 saturated heterocycles. The molecule has 0 heterocycles. The van der Waals surface area contributed by atoms with Crippen molar-refractivity contribution in [1.29, 1.82) is 0 Å². The predicted octanol–water partition coefficient (Wildman–Crippen LogP) is 13.8. The molecule has 0 aliphatic heterocycles. The fourth-order valence-corrected chi connectivity index (χ4v) is 5.06. The van der Waals surface area contributed by atoms with Gasteiger partial charge in [0.15, 0.2) is 6.10 Å². The van der Waals surface area contributed by atoms with E-state index in [-0.39, 0.29) is 38.0 Å². The van der Waals surface area contributed by atoms with Gasteiger partial charge in [0.25, 0.3) is 0 Å². The van der Waals surface area contributed by atoms with Gasteiger partial charge in [0, 0.05) is 19.3 Å². The van der Waals surface area contributed by atoms with Gasteiger partial charge in [-0.1, -0.05) is 149 Å². The molecule has 0 spiro atoms. The van der Waals surface area contributed by atoms with E-state index in [1.807, 2.05) is 0 Å². The Kier molecular flexibility index (Phi) is 40.3. The average molecular weight is 773 g/mol. The second-order valence-corrected chi connectivity index (χ2v) is 13.5. The highest BCUT2D eigenvalue weighted by Crippen LogP contribution is 2.09. The van der Waals surface area contributed by atoms with E-state index in [9.17, 15) is 14.4 Å². The Morgan fingerprint density at radius 1 is 0.357 bits per heavy atom. The van der Waals surface area contributed by atoms with Gasteiger partial charge in [0.1, 0.15) is 13.2 Å². The van der Waals surface area contributed by atoms with Crippen LogP contribution in [0.15, 0.2) is 122 Å². The maximum atomic E-state index is 12.7. The maximum Gasteiger partial charge on any atom is 0.306 e. The highest BCUT2D eigenvalue weighted by Gasteiger charge is 2.19. The van der Waals surface area contributed by atoms with Crippen molar-refractivity contribution in [2.45, 2.75) is 162 Å². The molecule has 0 aromatic heterocycles. The van der Waals surface area contributed by atoms with E-state index >= 15 is 0 Å². The van der Waals surface area contributed by atoms with Crippen LogP contribution >= 0.6 is 0 Å². The standard InChI is InChI=1S/C50H76O6/c1-4-7-10-13-16-19-22-23-24-25-26-29-31-34-37-40-43-49(52)55-46-47(56-50(53)44-41-38-35-32-28-21-18-15-12-9-6-3)45-54-48(51)42-39-36-33-30-27-20-17-14-11-8-5-2/h7-12,16-21,23-24,26,29-30,32-33,35,47H,4-6,13-15,22,25,27-28,31,34,36-46H2,1-3H3/b10-7-,11-8-,12-9-,19-16-,20-17-,21-18-,24-23-,29-26-,33-30-,35-32-. The summed E-state index contributed by atoms with van der Waals surface area (Å²) in [6.45, 7) is 6.11. The van der Waals surface area contributed by atoms with Crippen LogP contribution in [-0.2, 0) is 28.6 Å². The van der Waals surface area contributed by atoms with E-state index < -0.39 is 12.1 Å². The highest BCUT2D eigenvalue weighted by atomic mass is 16.6. The number of ether oxygens (including phenoxy) is 3. The monoisotopic (exact) mass is 773 g/mol. The van der Waals surface area contributed by atoms with Crippen LogP contribution in [0.25, 0.3) is 0 Å². The van der Waals surface area contributed by atoms with Gasteiger partial charge >= 0.3 is 17.9 Å². The lowest BCUT2D eigenvalue weighted by Crippen LogP contribution is -2.30. The van der Waals surface area contributed by atoms with E-state index in [0.29, 0.717) is 19.3 Å². The molecule has 0 fully saturated rings. The van der Waals surface area contributed by atoms with Gasteiger partial charge in [-0.2, -0.15) is 0 Å². The second-order valence-electron chi connectivity index (χ2n) is 13.5. The lowest BCUT2D eigenvalue weighted by atomic mass is 10.1. The number of hydrogen-bond donors (Lipinski definition) is 0. The van der Waals surface area contributed by atoms with Crippen molar-refractivity contribution >= 4 is 17.9 Å². The molecule has 0 aliphatic carbocycles. The van der Waals surface area contributed by atoms with Gasteiger partial charge in [0.2, 0.25) is 0 Å². The van der Waals surface area contributed by atoms with Gasteiger partial charge in [0.05, 0.1) is 0 Å². The largest absolute Gasteiger partial charge is 0.462 e. The van der Waals surface area contributed by atoms with Crippen LogP contribution < -0.4 is 0 Å². The third kappa shape index (κ3) is 41.0. The number of hydrogen-bond acceptors (Lipinski definition) is 6. The van der Waals surface area contributed by atoms with Crippen LogP contribution in [-0.4, -0.2) is 37.2 Å². The van der Waals surface area contributed by atoms with Crippen molar-refractivity contribution in [3.8, 4) is 0 Å². The molecule has 0 aromatic carbocycles. The van der Waals surface area contributed by atoms with E-state index in [4.69, 9.17) is 14.2 Å². The van der Waals surface area contributed by atoms with Crippen molar-refractivity contribution in [3.05, 3.63) is 122 Å². The van der Waals surface area contributed by atoms with Crippen molar-refractivity contribution in [2.24, 2.45) is 0 Å². The van der Waals surface area contributed by atoms with Crippen molar-refractivity contribution in [2.75, 3.05) is 13.2 Å². The summed E-state index contributed by atoms with van der Waals surface area (Å²) in [6, 6.07) is 0. The fourth-order valence-electron chi connectivity index (χ4n) is 5.06. The Bertz CT molecular complexity index is 1260. The van der Waals surface area contributed by atoms with Gasteiger partial charge < -0.3 is 14.2 Å². The number of unbranched alkanes of at least 4 members (excludes halogenated alkanes) is 5. The van der Waals surface area contributed by atoms with Crippen LogP contribution in [0.4, 0.5) is 0 Å². The molecule has 1 atom stereocenters. The van der Waals surface area contributed by atoms with Gasteiger partial charge in [-0.25, -0.2) is 0 Å². The molecule has 312 valence electrons.